The van der Waals surface area contributed by atoms with Crippen LogP contribution in [0.1, 0.15) is 32.1 Å². The van der Waals surface area contributed by atoms with Crippen LogP contribution in [0.3, 0.4) is 0 Å². The predicted molar refractivity (Wildman–Crippen MR) is 66.6 cm³/mol. The van der Waals surface area contributed by atoms with Crippen LogP contribution in [0.4, 0.5) is 0 Å². The third-order valence-corrected chi connectivity index (χ3v) is 4.95. The molecule has 0 aromatic carbocycles. The molecule has 0 aromatic rings. The zero-order valence-electron chi connectivity index (χ0n) is 10.4. The minimum absolute atomic E-state index is 0.748. The largest absolute Gasteiger partial charge is 0.315 e. The molecule has 3 unspecified atom stereocenters. The van der Waals surface area contributed by atoms with Crippen LogP contribution < -0.4 is 10.6 Å². The van der Waals surface area contributed by atoms with Gasteiger partial charge in [0.25, 0.3) is 0 Å². The maximum atomic E-state index is 3.75. The molecule has 2 N–H and O–H groups in total. The van der Waals surface area contributed by atoms with Crippen molar-refractivity contribution in [3.05, 3.63) is 0 Å². The summed E-state index contributed by atoms with van der Waals surface area (Å²) >= 11 is 0. The summed E-state index contributed by atoms with van der Waals surface area (Å²) in [7, 11) is 2.33. The van der Waals surface area contributed by atoms with Gasteiger partial charge in [-0.1, -0.05) is 0 Å². The minimum atomic E-state index is 0.748. The van der Waals surface area contributed by atoms with Crippen molar-refractivity contribution in [2.24, 2.45) is 5.92 Å². The van der Waals surface area contributed by atoms with Gasteiger partial charge in [-0.15, -0.1) is 0 Å². The van der Waals surface area contributed by atoms with Crippen LogP contribution >= 0.6 is 0 Å². The van der Waals surface area contributed by atoms with E-state index in [1.807, 2.05) is 0 Å². The molecule has 16 heavy (non-hydrogen) atoms. The normalized spacial score (nSPS) is 44.1. The minimum Gasteiger partial charge on any atom is -0.315 e. The number of rotatable bonds is 3. The third kappa shape index (κ3) is 2.13. The Kier molecular flexibility index (Phi) is 3.18. The SMILES string of the molecule is CN1C2CCC1CC(CNC1CCNC1)C2. The number of hydrogen-bond donors (Lipinski definition) is 2. The molecule has 0 radical (unpaired) electrons. The van der Waals surface area contributed by atoms with E-state index in [1.54, 1.807) is 0 Å². The lowest BCUT2D eigenvalue weighted by atomic mass is 9.91. The smallest absolute Gasteiger partial charge is 0.0204 e. The molecule has 3 nitrogen and oxygen atoms in total. The van der Waals surface area contributed by atoms with E-state index >= 15 is 0 Å². The standard InChI is InChI=1S/C13H25N3/c1-16-12-2-3-13(16)7-10(6-12)8-15-11-4-5-14-9-11/h10-15H,2-9H2,1H3. The van der Waals surface area contributed by atoms with Crippen LogP contribution in [0, 0.1) is 5.92 Å². The van der Waals surface area contributed by atoms with Crippen molar-refractivity contribution in [2.75, 3.05) is 26.7 Å². The fourth-order valence-corrected chi connectivity index (χ4v) is 3.85. The molecule has 3 aliphatic heterocycles. The van der Waals surface area contributed by atoms with Crippen LogP contribution in [0.25, 0.3) is 0 Å². The molecule has 0 saturated carbocycles. The summed E-state index contributed by atoms with van der Waals surface area (Å²) in [6, 6.07) is 2.54. The van der Waals surface area contributed by atoms with E-state index in [2.05, 4.69) is 22.6 Å². The van der Waals surface area contributed by atoms with Crippen LogP contribution in [0.2, 0.25) is 0 Å². The molecule has 3 heterocycles. The second-order valence-corrected chi connectivity index (χ2v) is 5.99. The summed E-state index contributed by atoms with van der Waals surface area (Å²) in [5.41, 5.74) is 0. The van der Waals surface area contributed by atoms with Gasteiger partial charge in [0.2, 0.25) is 0 Å². The number of piperidine rings is 1. The quantitative estimate of drug-likeness (QED) is 0.741. The Morgan fingerprint density at radius 2 is 1.94 bits per heavy atom. The first-order valence-electron chi connectivity index (χ1n) is 6.99. The van der Waals surface area contributed by atoms with Crippen molar-refractivity contribution in [1.29, 1.82) is 0 Å². The van der Waals surface area contributed by atoms with Crippen molar-refractivity contribution in [2.45, 2.75) is 50.2 Å². The maximum Gasteiger partial charge on any atom is 0.0204 e. The molecule has 3 saturated heterocycles. The van der Waals surface area contributed by atoms with Crippen LogP contribution in [-0.2, 0) is 0 Å². The molecule has 0 amide bonds. The van der Waals surface area contributed by atoms with Crippen molar-refractivity contribution in [1.82, 2.24) is 15.5 Å². The fourth-order valence-electron chi connectivity index (χ4n) is 3.85. The highest BCUT2D eigenvalue weighted by Gasteiger charge is 2.38. The van der Waals surface area contributed by atoms with Gasteiger partial charge in [0.1, 0.15) is 0 Å². The first kappa shape index (κ1) is 11.0. The van der Waals surface area contributed by atoms with Crippen molar-refractivity contribution in [3.8, 4) is 0 Å². The number of fused-ring (bicyclic) bond motifs is 2. The lowest BCUT2D eigenvalue weighted by Crippen LogP contribution is -2.44. The molecule has 92 valence electrons. The summed E-state index contributed by atoms with van der Waals surface area (Å²) in [5, 5.41) is 7.18. The second-order valence-electron chi connectivity index (χ2n) is 5.99. The van der Waals surface area contributed by atoms with E-state index in [9.17, 15) is 0 Å². The summed E-state index contributed by atoms with van der Waals surface area (Å²) < 4.78 is 0. The molecule has 0 aromatic heterocycles. The Bertz CT molecular complexity index is 223. The molecular formula is C13H25N3. The summed E-state index contributed by atoms with van der Waals surface area (Å²) in [6.07, 6.45) is 7.07. The van der Waals surface area contributed by atoms with Crippen molar-refractivity contribution < 1.29 is 0 Å². The topological polar surface area (TPSA) is 27.3 Å². The lowest BCUT2D eigenvalue weighted by molar-refractivity contribution is 0.131. The van der Waals surface area contributed by atoms with Gasteiger partial charge in [-0.3, -0.25) is 0 Å². The Morgan fingerprint density at radius 3 is 2.56 bits per heavy atom. The summed E-state index contributed by atoms with van der Waals surface area (Å²) in [5.74, 6) is 0.939. The van der Waals surface area contributed by atoms with Gasteiger partial charge in [0.05, 0.1) is 0 Å². The first-order valence-corrected chi connectivity index (χ1v) is 6.99. The average Bonchev–Trinajstić information content (AvgIpc) is 2.84. The predicted octanol–water partition coefficient (Wildman–Crippen LogP) is 0.811. The zero-order chi connectivity index (χ0) is 11.0. The fraction of sp³-hybridized carbons (Fsp3) is 1.00. The van der Waals surface area contributed by atoms with E-state index in [4.69, 9.17) is 0 Å². The van der Waals surface area contributed by atoms with Gasteiger partial charge in [0.15, 0.2) is 0 Å². The van der Waals surface area contributed by atoms with Crippen molar-refractivity contribution in [3.63, 3.8) is 0 Å². The number of nitrogens with zero attached hydrogens (tertiary/aromatic N) is 1. The van der Waals surface area contributed by atoms with Gasteiger partial charge in [-0.25, -0.2) is 0 Å². The third-order valence-electron chi connectivity index (χ3n) is 4.95. The molecular weight excluding hydrogens is 198 g/mol. The molecule has 0 aliphatic carbocycles. The van der Waals surface area contributed by atoms with Gasteiger partial charge in [-0.05, 0) is 58.2 Å². The highest BCUT2D eigenvalue weighted by Crippen LogP contribution is 2.37. The van der Waals surface area contributed by atoms with E-state index in [1.165, 1.54) is 51.7 Å². The van der Waals surface area contributed by atoms with Gasteiger partial charge >= 0.3 is 0 Å². The summed E-state index contributed by atoms with van der Waals surface area (Å²) in [4.78, 5) is 2.63. The Labute approximate surface area is 99.0 Å². The van der Waals surface area contributed by atoms with Crippen LogP contribution in [-0.4, -0.2) is 49.7 Å². The maximum absolute atomic E-state index is 3.75. The molecule has 2 bridgehead atoms. The highest BCUT2D eigenvalue weighted by atomic mass is 15.2. The molecule has 3 heteroatoms. The van der Waals surface area contributed by atoms with Crippen molar-refractivity contribution >= 4 is 0 Å². The van der Waals surface area contributed by atoms with Crippen LogP contribution in [0.5, 0.6) is 0 Å². The van der Waals surface area contributed by atoms with E-state index in [-0.39, 0.29) is 0 Å². The molecule has 3 aliphatic rings. The zero-order valence-corrected chi connectivity index (χ0v) is 10.4. The number of nitrogens with one attached hydrogen (secondary N) is 2. The Morgan fingerprint density at radius 1 is 1.19 bits per heavy atom. The molecule has 3 fully saturated rings. The van der Waals surface area contributed by atoms with E-state index in [0.717, 1.165) is 24.0 Å². The van der Waals surface area contributed by atoms with Gasteiger partial charge < -0.3 is 15.5 Å². The number of hydrogen-bond acceptors (Lipinski definition) is 3. The van der Waals surface area contributed by atoms with Crippen LogP contribution in [0.15, 0.2) is 0 Å². The Balaban J connectivity index is 1.46. The van der Waals surface area contributed by atoms with Gasteiger partial charge in [0, 0.05) is 24.7 Å². The first-order chi connectivity index (χ1) is 7.83. The lowest BCUT2D eigenvalue weighted by Gasteiger charge is -2.36. The molecule has 0 spiro atoms. The van der Waals surface area contributed by atoms with Gasteiger partial charge in [-0.2, -0.15) is 0 Å². The summed E-state index contributed by atoms with van der Waals surface area (Å²) in [6.45, 7) is 3.64. The molecule has 3 atom stereocenters. The second kappa shape index (κ2) is 4.63. The molecule has 3 rings (SSSR count). The van der Waals surface area contributed by atoms with E-state index in [0.29, 0.717) is 0 Å². The average molecular weight is 223 g/mol. The van der Waals surface area contributed by atoms with E-state index < -0.39 is 0 Å². The highest BCUT2D eigenvalue weighted by molar-refractivity contribution is 4.94. The monoisotopic (exact) mass is 223 g/mol. The Hall–Kier alpha value is -0.120.